The fourth-order valence-electron chi connectivity index (χ4n) is 2.18. The topological polar surface area (TPSA) is 59.3 Å². The van der Waals surface area contributed by atoms with Crippen molar-refractivity contribution in [2.75, 3.05) is 6.54 Å². The number of hydrogen-bond donors (Lipinski definition) is 2. The van der Waals surface area contributed by atoms with E-state index in [-0.39, 0.29) is 6.10 Å². The summed E-state index contributed by atoms with van der Waals surface area (Å²) < 4.78 is 7.48. The molecule has 22 heavy (non-hydrogen) atoms. The highest BCUT2D eigenvalue weighted by molar-refractivity contribution is 5.28. The van der Waals surface area contributed by atoms with Crippen LogP contribution in [0.25, 0.3) is 0 Å². The molecule has 1 unspecified atom stereocenters. The summed E-state index contributed by atoms with van der Waals surface area (Å²) in [5.41, 5.74) is 2.00. The average molecular weight is 303 g/mol. The van der Waals surface area contributed by atoms with Gasteiger partial charge in [0.1, 0.15) is 5.75 Å². The van der Waals surface area contributed by atoms with Crippen LogP contribution in [-0.4, -0.2) is 27.5 Å². The van der Waals surface area contributed by atoms with Gasteiger partial charge in [0.05, 0.1) is 18.4 Å². The van der Waals surface area contributed by atoms with Gasteiger partial charge in [-0.1, -0.05) is 12.1 Å². The molecule has 0 amide bonds. The number of aromatic nitrogens is 2. The van der Waals surface area contributed by atoms with Crippen molar-refractivity contribution in [2.45, 2.75) is 46.1 Å². The number of hydrogen-bond acceptors (Lipinski definition) is 4. The number of nitrogens with zero attached hydrogens (tertiary/aromatic N) is 2. The van der Waals surface area contributed by atoms with Gasteiger partial charge < -0.3 is 15.2 Å². The molecule has 0 saturated carbocycles. The molecular formula is C17H25N3O2. The van der Waals surface area contributed by atoms with Crippen LogP contribution >= 0.6 is 0 Å². The molecule has 120 valence electrons. The van der Waals surface area contributed by atoms with Crippen molar-refractivity contribution in [3.05, 3.63) is 47.8 Å². The predicted molar refractivity (Wildman–Crippen MR) is 86.8 cm³/mol. The van der Waals surface area contributed by atoms with Crippen molar-refractivity contribution in [1.29, 1.82) is 0 Å². The van der Waals surface area contributed by atoms with E-state index in [0.29, 0.717) is 13.1 Å². The summed E-state index contributed by atoms with van der Waals surface area (Å²) in [7, 11) is 0. The highest BCUT2D eigenvalue weighted by Crippen LogP contribution is 2.18. The second-order valence-corrected chi connectivity index (χ2v) is 5.59. The molecule has 0 bridgehead atoms. The Morgan fingerprint density at radius 2 is 2.00 bits per heavy atom. The summed E-state index contributed by atoms with van der Waals surface area (Å²) in [6.07, 6.45) is 3.48. The van der Waals surface area contributed by atoms with Gasteiger partial charge in [0.15, 0.2) is 0 Å². The number of aliphatic hydroxyl groups excluding tert-OH is 1. The summed E-state index contributed by atoms with van der Waals surface area (Å²) in [6, 6.07) is 7.59. The molecule has 5 nitrogen and oxygen atoms in total. The Kier molecular flexibility index (Phi) is 5.98. The van der Waals surface area contributed by atoms with Crippen LogP contribution < -0.4 is 10.1 Å². The van der Waals surface area contributed by atoms with E-state index >= 15 is 0 Å². The molecular weight excluding hydrogens is 278 g/mol. The minimum Gasteiger partial charge on any atom is -0.491 e. The maximum atomic E-state index is 10.2. The van der Waals surface area contributed by atoms with Gasteiger partial charge in [-0.3, -0.25) is 4.68 Å². The summed E-state index contributed by atoms with van der Waals surface area (Å²) in [5.74, 6) is 0.825. The third-order valence-corrected chi connectivity index (χ3v) is 3.31. The van der Waals surface area contributed by atoms with Gasteiger partial charge in [-0.15, -0.1) is 0 Å². The van der Waals surface area contributed by atoms with Gasteiger partial charge in [0.2, 0.25) is 0 Å². The first kappa shape index (κ1) is 16.5. The molecule has 0 fully saturated rings. The van der Waals surface area contributed by atoms with E-state index in [9.17, 15) is 5.11 Å². The lowest BCUT2D eigenvalue weighted by molar-refractivity contribution is 0.174. The molecule has 0 aliphatic heterocycles. The van der Waals surface area contributed by atoms with Gasteiger partial charge in [-0.05, 0) is 38.5 Å². The monoisotopic (exact) mass is 303 g/mol. The van der Waals surface area contributed by atoms with Crippen molar-refractivity contribution in [1.82, 2.24) is 15.1 Å². The zero-order valence-corrected chi connectivity index (χ0v) is 13.5. The van der Waals surface area contributed by atoms with Crippen LogP contribution in [0.5, 0.6) is 5.75 Å². The summed E-state index contributed by atoms with van der Waals surface area (Å²) in [5, 5.41) is 17.7. The third-order valence-electron chi connectivity index (χ3n) is 3.31. The van der Waals surface area contributed by atoms with Crippen molar-refractivity contribution >= 4 is 0 Å². The van der Waals surface area contributed by atoms with Crippen LogP contribution in [-0.2, 0) is 13.1 Å². The van der Waals surface area contributed by atoms with Crippen LogP contribution in [0.15, 0.2) is 36.7 Å². The molecule has 0 spiro atoms. The highest BCUT2D eigenvalue weighted by atomic mass is 16.5. The van der Waals surface area contributed by atoms with Gasteiger partial charge in [0.25, 0.3) is 0 Å². The number of nitrogens with one attached hydrogen (secondary N) is 1. The van der Waals surface area contributed by atoms with E-state index in [1.54, 1.807) is 0 Å². The summed E-state index contributed by atoms with van der Waals surface area (Å²) >= 11 is 0. The van der Waals surface area contributed by atoms with Gasteiger partial charge in [-0.25, -0.2) is 0 Å². The smallest absolute Gasteiger partial charge is 0.119 e. The van der Waals surface area contributed by atoms with E-state index in [0.717, 1.165) is 23.4 Å². The Labute approximate surface area is 131 Å². The van der Waals surface area contributed by atoms with Crippen LogP contribution in [0, 0.1) is 0 Å². The average Bonchev–Trinajstić information content (AvgIpc) is 2.95. The van der Waals surface area contributed by atoms with E-state index in [1.165, 1.54) is 0 Å². The Balaban J connectivity index is 1.80. The van der Waals surface area contributed by atoms with Crippen molar-refractivity contribution in [2.24, 2.45) is 0 Å². The van der Waals surface area contributed by atoms with Crippen LogP contribution in [0.4, 0.5) is 0 Å². The molecule has 1 atom stereocenters. The van der Waals surface area contributed by atoms with Crippen LogP contribution in [0.3, 0.4) is 0 Å². The lowest BCUT2D eigenvalue weighted by atomic mass is 10.1. The minimum absolute atomic E-state index is 0.154. The first-order valence-corrected chi connectivity index (χ1v) is 7.75. The normalized spacial score (nSPS) is 12.6. The molecule has 2 rings (SSSR count). The SMILES string of the molecule is CCn1cc(CNCC(O)c2ccc(OC(C)C)cc2)cn1. The maximum Gasteiger partial charge on any atom is 0.119 e. The fourth-order valence-corrected chi connectivity index (χ4v) is 2.18. The molecule has 0 saturated heterocycles. The Morgan fingerprint density at radius 1 is 1.27 bits per heavy atom. The maximum absolute atomic E-state index is 10.2. The van der Waals surface area contributed by atoms with Crippen LogP contribution in [0.1, 0.15) is 38.0 Å². The summed E-state index contributed by atoms with van der Waals surface area (Å²) in [6.45, 7) is 8.11. The first-order chi connectivity index (χ1) is 10.6. The fraction of sp³-hybridized carbons (Fsp3) is 0.471. The third kappa shape index (κ3) is 4.86. The van der Waals surface area contributed by atoms with E-state index in [4.69, 9.17) is 4.74 Å². The van der Waals surface area contributed by atoms with Crippen molar-refractivity contribution < 1.29 is 9.84 Å². The number of ether oxygens (including phenoxy) is 1. The second kappa shape index (κ2) is 7.96. The molecule has 1 aromatic carbocycles. The molecule has 0 aliphatic carbocycles. The molecule has 2 aromatic rings. The molecule has 5 heteroatoms. The van der Waals surface area contributed by atoms with Crippen molar-refractivity contribution in [3.8, 4) is 5.75 Å². The molecule has 0 radical (unpaired) electrons. The molecule has 1 heterocycles. The predicted octanol–water partition coefficient (Wildman–Crippen LogP) is 2.51. The number of aliphatic hydroxyl groups is 1. The van der Waals surface area contributed by atoms with Crippen molar-refractivity contribution in [3.63, 3.8) is 0 Å². The van der Waals surface area contributed by atoms with E-state index in [2.05, 4.69) is 17.3 Å². The van der Waals surface area contributed by atoms with Crippen LogP contribution in [0.2, 0.25) is 0 Å². The second-order valence-electron chi connectivity index (χ2n) is 5.59. The first-order valence-electron chi connectivity index (χ1n) is 7.75. The van der Waals surface area contributed by atoms with E-state index < -0.39 is 6.10 Å². The molecule has 0 aliphatic rings. The Morgan fingerprint density at radius 3 is 2.59 bits per heavy atom. The Bertz CT molecular complexity index is 564. The largest absolute Gasteiger partial charge is 0.491 e. The van der Waals surface area contributed by atoms with Gasteiger partial charge in [-0.2, -0.15) is 5.10 Å². The van der Waals surface area contributed by atoms with Gasteiger partial charge >= 0.3 is 0 Å². The molecule has 2 N–H and O–H groups in total. The summed E-state index contributed by atoms with van der Waals surface area (Å²) in [4.78, 5) is 0. The molecule has 1 aromatic heterocycles. The quantitative estimate of drug-likeness (QED) is 0.787. The number of rotatable bonds is 8. The zero-order chi connectivity index (χ0) is 15.9. The number of benzene rings is 1. The van der Waals surface area contributed by atoms with Gasteiger partial charge in [0, 0.05) is 31.4 Å². The minimum atomic E-state index is -0.533. The lowest BCUT2D eigenvalue weighted by Crippen LogP contribution is -2.20. The standard InChI is InChI=1S/C17H25N3O2/c1-4-20-12-14(10-19-20)9-18-11-17(21)15-5-7-16(8-6-15)22-13(2)3/h5-8,10,12-13,17-18,21H,4,9,11H2,1-3H3. The number of aryl methyl sites for hydroxylation is 1. The lowest BCUT2D eigenvalue weighted by Gasteiger charge is -2.14. The highest BCUT2D eigenvalue weighted by Gasteiger charge is 2.08. The van der Waals surface area contributed by atoms with E-state index in [1.807, 2.05) is 55.2 Å². The Hall–Kier alpha value is -1.85. The zero-order valence-electron chi connectivity index (χ0n) is 13.5.